The minimum absolute atomic E-state index is 0. The van der Waals surface area contributed by atoms with E-state index < -0.39 is 0 Å². The smallest absolute Gasteiger partial charge is 0.191 e. The van der Waals surface area contributed by atoms with Gasteiger partial charge in [0.05, 0.1) is 0 Å². The van der Waals surface area contributed by atoms with E-state index >= 15 is 0 Å². The van der Waals surface area contributed by atoms with Gasteiger partial charge in [-0.2, -0.15) is 0 Å². The molecule has 2 aliphatic carbocycles. The zero-order valence-electron chi connectivity index (χ0n) is 14.9. The van der Waals surface area contributed by atoms with Gasteiger partial charge >= 0.3 is 0 Å². The molecule has 3 rings (SSSR count). The maximum absolute atomic E-state index is 13.4. The first kappa shape index (κ1) is 20.4. The Morgan fingerprint density at radius 3 is 2.76 bits per heavy atom. The lowest BCUT2D eigenvalue weighted by Gasteiger charge is -2.19. The molecule has 4 nitrogen and oxygen atoms in total. The summed E-state index contributed by atoms with van der Waals surface area (Å²) in [6.07, 6.45) is 5.83. The van der Waals surface area contributed by atoms with E-state index in [4.69, 9.17) is 4.74 Å². The molecule has 0 saturated heterocycles. The number of benzene rings is 1. The van der Waals surface area contributed by atoms with Crippen LogP contribution in [-0.4, -0.2) is 39.3 Å². The molecule has 0 radical (unpaired) electrons. The summed E-state index contributed by atoms with van der Waals surface area (Å²) in [4.78, 5) is 4.27. The summed E-state index contributed by atoms with van der Waals surface area (Å²) in [5.74, 6) is 1.47. The van der Waals surface area contributed by atoms with E-state index in [0.29, 0.717) is 0 Å². The predicted molar refractivity (Wildman–Crippen MR) is 110 cm³/mol. The highest BCUT2D eigenvalue weighted by atomic mass is 127. The highest BCUT2D eigenvalue weighted by molar-refractivity contribution is 14.0. The van der Waals surface area contributed by atoms with E-state index in [2.05, 4.69) is 15.6 Å². The topological polar surface area (TPSA) is 45.7 Å². The molecule has 0 aromatic heterocycles. The Bertz CT molecular complexity index is 574. The summed E-state index contributed by atoms with van der Waals surface area (Å²) in [5.41, 5.74) is 1.14. The average molecular weight is 461 g/mol. The number of halogens is 2. The highest BCUT2D eigenvalue weighted by Crippen LogP contribution is 2.47. The van der Waals surface area contributed by atoms with Gasteiger partial charge in [-0.3, -0.25) is 4.99 Å². The van der Waals surface area contributed by atoms with Crippen molar-refractivity contribution >= 4 is 29.9 Å². The Morgan fingerprint density at radius 1 is 1.32 bits per heavy atom. The van der Waals surface area contributed by atoms with E-state index in [1.807, 2.05) is 6.07 Å². The number of nitrogens with one attached hydrogen (secondary N) is 2. The molecule has 0 spiro atoms. The largest absolute Gasteiger partial charge is 0.381 e. The molecule has 2 N–H and O–H groups in total. The minimum atomic E-state index is -0.160. The SMILES string of the molecule is CN=C(NCCCOCC1CC1)NCC1(c2cccc(F)c2)CC1.I. The second kappa shape index (κ2) is 9.71. The van der Waals surface area contributed by atoms with Crippen LogP contribution in [0.3, 0.4) is 0 Å². The van der Waals surface area contributed by atoms with Crippen LogP contribution in [0.2, 0.25) is 0 Å². The second-order valence-corrected chi connectivity index (χ2v) is 7.02. The molecule has 25 heavy (non-hydrogen) atoms. The maximum Gasteiger partial charge on any atom is 0.191 e. The van der Waals surface area contributed by atoms with E-state index in [-0.39, 0.29) is 35.2 Å². The fourth-order valence-corrected chi connectivity index (χ4v) is 2.93. The van der Waals surface area contributed by atoms with Crippen molar-refractivity contribution < 1.29 is 9.13 Å². The molecule has 0 aliphatic heterocycles. The van der Waals surface area contributed by atoms with Crippen molar-refractivity contribution in [2.75, 3.05) is 33.4 Å². The van der Waals surface area contributed by atoms with E-state index in [1.165, 1.54) is 18.9 Å². The molecular weight excluding hydrogens is 432 g/mol. The van der Waals surface area contributed by atoms with Crippen LogP contribution in [-0.2, 0) is 10.2 Å². The summed E-state index contributed by atoms with van der Waals surface area (Å²) in [6, 6.07) is 6.96. The normalized spacial score (nSPS) is 18.4. The first-order valence-corrected chi connectivity index (χ1v) is 9.00. The van der Waals surface area contributed by atoms with Gasteiger partial charge in [0.1, 0.15) is 5.82 Å². The Kier molecular flexibility index (Phi) is 7.93. The van der Waals surface area contributed by atoms with Crippen molar-refractivity contribution in [2.45, 2.75) is 37.5 Å². The quantitative estimate of drug-likeness (QED) is 0.256. The third-order valence-electron chi connectivity index (χ3n) is 4.92. The van der Waals surface area contributed by atoms with Crippen LogP contribution in [0, 0.1) is 11.7 Å². The molecule has 2 saturated carbocycles. The van der Waals surface area contributed by atoms with Crippen molar-refractivity contribution in [2.24, 2.45) is 10.9 Å². The third-order valence-corrected chi connectivity index (χ3v) is 4.92. The Hall–Kier alpha value is -0.890. The molecular formula is C19H29FIN3O. The first-order chi connectivity index (χ1) is 11.7. The van der Waals surface area contributed by atoms with Crippen LogP contribution in [0.25, 0.3) is 0 Å². The van der Waals surface area contributed by atoms with Gasteiger partial charge in [0, 0.05) is 38.8 Å². The molecule has 2 fully saturated rings. The highest BCUT2D eigenvalue weighted by Gasteiger charge is 2.44. The van der Waals surface area contributed by atoms with Crippen molar-refractivity contribution in [3.05, 3.63) is 35.6 Å². The number of ether oxygens (including phenoxy) is 1. The van der Waals surface area contributed by atoms with Crippen molar-refractivity contribution in [1.82, 2.24) is 10.6 Å². The van der Waals surface area contributed by atoms with Gasteiger partial charge in [-0.05, 0) is 55.7 Å². The first-order valence-electron chi connectivity index (χ1n) is 9.00. The molecule has 1 aromatic rings. The van der Waals surface area contributed by atoms with Crippen LogP contribution < -0.4 is 10.6 Å². The van der Waals surface area contributed by atoms with Crippen molar-refractivity contribution in [3.8, 4) is 0 Å². The molecule has 1 aromatic carbocycles. The van der Waals surface area contributed by atoms with Crippen LogP contribution in [0.5, 0.6) is 0 Å². The molecule has 0 unspecified atom stereocenters. The number of hydrogen-bond donors (Lipinski definition) is 2. The average Bonchev–Trinajstić information content (AvgIpc) is 3.49. The molecule has 0 atom stereocenters. The van der Waals surface area contributed by atoms with Crippen molar-refractivity contribution in [1.29, 1.82) is 0 Å². The van der Waals surface area contributed by atoms with Gasteiger partial charge < -0.3 is 15.4 Å². The summed E-state index contributed by atoms with van der Waals surface area (Å²) < 4.78 is 19.1. The Balaban J connectivity index is 0.00000225. The molecule has 0 heterocycles. The fraction of sp³-hybridized carbons (Fsp3) is 0.632. The van der Waals surface area contributed by atoms with Gasteiger partial charge in [0.2, 0.25) is 0 Å². The molecule has 140 valence electrons. The minimum Gasteiger partial charge on any atom is -0.381 e. The molecule has 0 amide bonds. The van der Waals surface area contributed by atoms with Crippen LogP contribution in [0.4, 0.5) is 4.39 Å². The standard InChI is InChI=1S/C19H28FN3O.HI/c1-21-18(22-10-3-11-24-13-15-6-7-15)23-14-19(8-9-19)16-4-2-5-17(20)12-16;/h2,4-5,12,15H,3,6-11,13-14H2,1H3,(H2,21,22,23);1H. The summed E-state index contributed by atoms with van der Waals surface area (Å²) in [5, 5.41) is 6.71. The second-order valence-electron chi connectivity index (χ2n) is 7.02. The van der Waals surface area contributed by atoms with Gasteiger partial charge in [0.25, 0.3) is 0 Å². The van der Waals surface area contributed by atoms with E-state index in [0.717, 1.165) is 63.0 Å². The number of guanidine groups is 1. The summed E-state index contributed by atoms with van der Waals surface area (Å²) >= 11 is 0. The van der Waals surface area contributed by atoms with E-state index in [9.17, 15) is 4.39 Å². The van der Waals surface area contributed by atoms with Crippen LogP contribution in [0.15, 0.2) is 29.3 Å². The monoisotopic (exact) mass is 461 g/mol. The van der Waals surface area contributed by atoms with Crippen LogP contribution in [0.1, 0.15) is 37.7 Å². The lowest BCUT2D eigenvalue weighted by molar-refractivity contribution is 0.123. The number of aliphatic imine (C=N–C) groups is 1. The van der Waals surface area contributed by atoms with Gasteiger partial charge in [0.15, 0.2) is 5.96 Å². The number of nitrogens with zero attached hydrogens (tertiary/aromatic N) is 1. The zero-order chi connectivity index (χ0) is 16.8. The molecule has 0 bridgehead atoms. The molecule has 2 aliphatic rings. The lowest BCUT2D eigenvalue weighted by atomic mass is 9.96. The van der Waals surface area contributed by atoms with Crippen molar-refractivity contribution in [3.63, 3.8) is 0 Å². The summed E-state index contributed by atoms with van der Waals surface area (Å²) in [7, 11) is 1.78. The number of hydrogen-bond acceptors (Lipinski definition) is 2. The zero-order valence-corrected chi connectivity index (χ0v) is 17.2. The third kappa shape index (κ3) is 6.40. The van der Waals surface area contributed by atoms with Gasteiger partial charge in [-0.25, -0.2) is 4.39 Å². The Morgan fingerprint density at radius 2 is 2.12 bits per heavy atom. The van der Waals surface area contributed by atoms with E-state index in [1.54, 1.807) is 19.2 Å². The summed E-state index contributed by atoms with van der Waals surface area (Å²) in [6.45, 7) is 3.35. The fourth-order valence-electron chi connectivity index (χ4n) is 2.93. The van der Waals surface area contributed by atoms with Gasteiger partial charge in [-0.1, -0.05) is 12.1 Å². The van der Waals surface area contributed by atoms with Crippen LogP contribution >= 0.6 is 24.0 Å². The lowest BCUT2D eigenvalue weighted by Crippen LogP contribution is -2.41. The maximum atomic E-state index is 13.4. The number of rotatable bonds is 9. The van der Waals surface area contributed by atoms with Gasteiger partial charge in [-0.15, -0.1) is 24.0 Å². The Labute approximate surface area is 167 Å². The predicted octanol–water partition coefficient (Wildman–Crippen LogP) is 3.46. The molecule has 6 heteroatoms.